The number of para-hydroxylation sites is 1. The molecule has 0 heterocycles. The summed E-state index contributed by atoms with van der Waals surface area (Å²) in [6.07, 6.45) is -0.787. The monoisotopic (exact) mass is 385 g/mol. The second-order valence-electron chi connectivity index (χ2n) is 4.19. The van der Waals surface area contributed by atoms with Crippen LogP contribution in [0.15, 0.2) is 48.5 Å². The summed E-state index contributed by atoms with van der Waals surface area (Å²) in [5, 5.41) is 2.73. The number of anilines is 1. The lowest BCUT2D eigenvalue weighted by Gasteiger charge is -2.15. The van der Waals surface area contributed by atoms with Crippen LogP contribution in [0.3, 0.4) is 0 Å². The molecule has 1 amide bonds. The topological polar surface area (TPSA) is 38.3 Å². The average molecular weight is 385 g/mol. The first-order valence-electron chi connectivity index (χ1n) is 6.04. The van der Waals surface area contributed by atoms with E-state index in [0.717, 1.165) is 3.57 Å². The molecule has 0 aliphatic heterocycles. The van der Waals surface area contributed by atoms with Gasteiger partial charge < -0.3 is 10.1 Å². The van der Waals surface area contributed by atoms with E-state index in [1.165, 1.54) is 12.1 Å². The molecule has 0 bridgehead atoms. The Kier molecular flexibility index (Phi) is 4.94. The predicted molar refractivity (Wildman–Crippen MR) is 84.3 cm³/mol. The molecule has 2 rings (SSSR count). The first kappa shape index (κ1) is 14.8. The molecule has 0 aromatic heterocycles. The number of carbonyl (C=O) groups is 1. The molecule has 0 spiro atoms. The standard InChI is InChI=1S/C15H13FINO2/c1-10(20-14-8-3-2-7-13(14)16)15(19)18-12-6-4-5-11(17)9-12/h2-10H,1H3,(H,18,19)/t10-/m1/s1. The van der Waals surface area contributed by atoms with Crippen LogP contribution in [-0.4, -0.2) is 12.0 Å². The zero-order chi connectivity index (χ0) is 14.5. The van der Waals surface area contributed by atoms with Crippen LogP contribution in [-0.2, 0) is 4.79 Å². The summed E-state index contributed by atoms with van der Waals surface area (Å²) in [5.41, 5.74) is 0.686. The number of amides is 1. The smallest absolute Gasteiger partial charge is 0.265 e. The summed E-state index contributed by atoms with van der Waals surface area (Å²) < 4.78 is 19.8. The van der Waals surface area contributed by atoms with Crippen LogP contribution >= 0.6 is 22.6 Å². The van der Waals surface area contributed by atoms with E-state index in [9.17, 15) is 9.18 Å². The lowest BCUT2D eigenvalue weighted by atomic mass is 10.3. The van der Waals surface area contributed by atoms with Crippen molar-refractivity contribution in [2.45, 2.75) is 13.0 Å². The Balaban J connectivity index is 2.01. The minimum absolute atomic E-state index is 0.0674. The molecule has 2 aromatic carbocycles. The highest BCUT2D eigenvalue weighted by Crippen LogP contribution is 2.18. The maximum atomic E-state index is 13.4. The van der Waals surface area contributed by atoms with E-state index < -0.39 is 11.9 Å². The highest BCUT2D eigenvalue weighted by atomic mass is 127. The van der Waals surface area contributed by atoms with Gasteiger partial charge in [0, 0.05) is 9.26 Å². The third-order valence-electron chi connectivity index (χ3n) is 2.60. The van der Waals surface area contributed by atoms with E-state index in [-0.39, 0.29) is 11.7 Å². The normalized spacial score (nSPS) is 11.8. The fourth-order valence-electron chi connectivity index (χ4n) is 1.59. The van der Waals surface area contributed by atoms with Gasteiger partial charge in [-0.2, -0.15) is 0 Å². The van der Waals surface area contributed by atoms with Gasteiger partial charge in [0.1, 0.15) is 0 Å². The molecule has 0 saturated carbocycles. The van der Waals surface area contributed by atoms with Crippen molar-refractivity contribution in [2.24, 2.45) is 0 Å². The van der Waals surface area contributed by atoms with Crippen molar-refractivity contribution in [1.29, 1.82) is 0 Å². The minimum Gasteiger partial charge on any atom is -0.478 e. The summed E-state index contributed by atoms with van der Waals surface area (Å²) in [5.74, 6) is -0.741. The van der Waals surface area contributed by atoms with Crippen LogP contribution in [0.25, 0.3) is 0 Å². The second-order valence-corrected chi connectivity index (χ2v) is 5.44. The third kappa shape index (κ3) is 3.93. The van der Waals surface area contributed by atoms with E-state index in [0.29, 0.717) is 5.69 Å². The first-order chi connectivity index (χ1) is 9.56. The van der Waals surface area contributed by atoms with Gasteiger partial charge in [0.2, 0.25) is 0 Å². The molecule has 0 radical (unpaired) electrons. The van der Waals surface area contributed by atoms with Gasteiger partial charge in [-0.05, 0) is 59.8 Å². The van der Waals surface area contributed by atoms with Gasteiger partial charge >= 0.3 is 0 Å². The maximum absolute atomic E-state index is 13.4. The highest BCUT2D eigenvalue weighted by molar-refractivity contribution is 14.1. The quantitative estimate of drug-likeness (QED) is 0.813. The molecule has 1 atom stereocenters. The summed E-state index contributed by atoms with van der Waals surface area (Å²) in [6.45, 7) is 1.58. The molecule has 20 heavy (non-hydrogen) atoms. The largest absolute Gasteiger partial charge is 0.478 e. The van der Waals surface area contributed by atoms with Crippen LogP contribution in [0.4, 0.5) is 10.1 Å². The van der Waals surface area contributed by atoms with Crippen molar-refractivity contribution in [3.63, 3.8) is 0 Å². The predicted octanol–water partition coefficient (Wildman–Crippen LogP) is 3.84. The van der Waals surface area contributed by atoms with Crippen LogP contribution in [0.1, 0.15) is 6.92 Å². The Morgan fingerprint density at radius 2 is 2.00 bits per heavy atom. The van der Waals surface area contributed by atoms with E-state index in [2.05, 4.69) is 27.9 Å². The number of benzene rings is 2. The van der Waals surface area contributed by atoms with Gasteiger partial charge in [-0.15, -0.1) is 0 Å². The zero-order valence-electron chi connectivity index (χ0n) is 10.8. The lowest BCUT2D eigenvalue weighted by Crippen LogP contribution is -2.30. The van der Waals surface area contributed by atoms with Crippen LogP contribution in [0, 0.1) is 9.39 Å². The molecule has 0 aliphatic rings. The van der Waals surface area contributed by atoms with Crippen molar-refractivity contribution in [3.8, 4) is 5.75 Å². The molecule has 0 aliphatic carbocycles. The van der Waals surface area contributed by atoms with Crippen molar-refractivity contribution < 1.29 is 13.9 Å². The third-order valence-corrected chi connectivity index (χ3v) is 3.27. The Bertz CT molecular complexity index is 618. The van der Waals surface area contributed by atoms with Crippen molar-refractivity contribution >= 4 is 34.2 Å². The van der Waals surface area contributed by atoms with E-state index in [1.807, 2.05) is 18.2 Å². The first-order valence-corrected chi connectivity index (χ1v) is 7.12. The zero-order valence-corrected chi connectivity index (χ0v) is 12.9. The van der Waals surface area contributed by atoms with Crippen LogP contribution in [0.5, 0.6) is 5.75 Å². The average Bonchev–Trinajstić information content (AvgIpc) is 2.41. The molecule has 0 fully saturated rings. The maximum Gasteiger partial charge on any atom is 0.265 e. The molecule has 2 aromatic rings. The molecule has 3 nitrogen and oxygen atoms in total. The number of hydrogen-bond donors (Lipinski definition) is 1. The van der Waals surface area contributed by atoms with Crippen molar-refractivity contribution in [1.82, 2.24) is 0 Å². The van der Waals surface area contributed by atoms with E-state index in [4.69, 9.17) is 4.74 Å². The van der Waals surface area contributed by atoms with Crippen LogP contribution < -0.4 is 10.1 Å². The van der Waals surface area contributed by atoms with Crippen molar-refractivity contribution in [2.75, 3.05) is 5.32 Å². The SMILES string of the molecule is C[C@@H](Oc1ccccc1F)C(=O)Nc1cccc(I)c1. The molecule has 0 unspecified atom stereocenters. The minimum atomic E-state index is -0.787. The van der Waals surface area contributed by atoms with Gasteiger partial charge in [-0.1, -0.05) is 18.2 Å². The Morgan fingerprint density at radius 1 is 1.25 bits per heavy atom. The fourth-order valence-corrected chi connectivity index (χ4v) is 2.14. The summed E-state index contributed by atoms with van der Waals surface area (Å²) in [6, 6.07) is 13.4. The Hall–Kier alpha value is -1.63. The molecule has 104 valence electrons. The molecule has 1 N–H and O–H groups in total. The number of halogens is 2. The lowest BCUT2D eigenvalue weighted by molar-refractivity contribution is -0.122. The van der Waals surface area contributed by atoms with E-state index in [1.54, 1.807) is 25.1 Å². The van der Waals surface area contributed by atoms with E-state index >= 15 is 0 Å². The molecular weight excluding hydrogens is 372 g/mol. The molecule has 5 heteroatoms. The fraction of sp³-hybridized carbons (Fsp3) is 0.133. The van der Waals surface area contributed by atoms with Gasteiger partial charge in [0.25, 0.3) is 5.91 Å². The van der Waals surface area contributed by atoms with Crippen molar-refractivity contribution in [3.05, 3.63) is 57.9 Å². The number of carbonyl (C=O) groups excluding carboxylic acids is 1. The number of hydrogen-bond acceptors (Lipinski definition) is 2. The number of ether oxygens (including phenoxy) is 1. The summed E-state index contributed by atoms with van der Waals surface area (Å²) in [4.78, 5) is 12.0. The Labute approximate surface area is 130 Å². The molecular formula is C15H13FINO2. The highest BCUT2D eigenvalue weighted by Gasteiger charge is 2.16. The van der Waals surface area contributed by atoms with Crippen LogP contribution in [0.2, 0.25) is 0 Å². The molecule has 0 saturated heterocycles. The summed E-state index contributed by atoms with van der Waals surface area (Å²) >= 11 is 2.16. The number of nitrogens with one attached hydrogen (secondary N) is 1. The van der Waals surface area contributed by atoms with Gasteiger partial charge in [-0.25, -0.2) is 4.39 Å². The second kappa shape index (κ2) is 6.69. The van der Waals surface area contributed by atoms with Gasteiger partial charge in [0.05, 0.1) is 0 Å². The van der Waals surface area contributed by atoms with Gasteiger partial charge in [0.15, 0.2) is 17.7 Å². The van der Waals surface area contributed by atoms with Gasteiger partial charge in [-0.3, -0.25) is 4.79 Å². The summed E-state index contributed by atoms with van der Waals surface area (Å²) in [7, 11) is 0. The Morgan fingerprint density at radius 3 is 2.70 bits per heavy atom. The number of rotatable bonds is 4.